The van der Waals surface area contributed by atoms with Gasteiger partial charge in [0.15, 0.2) is 0 Å². The Labute approximate surface area is 85.5 Å². The summed E-state index contributed by atoms with van der Waals surface area (Å²) in [5.74, 6) is 0.0120. The van der Waals surface area contributed by atoms with E-state index < -0.39 is 0 Å². The standard InChI is InChI=1S/C10H20N2O2/c1-3-9(11)8-10(13)12-6-5-7-14-4-2/h4,9H,2-3,5-8,11H2,1H3,(H,12,13). The second kappa shape index (κ2) is 8.56. The van der Waals surface area contributed by atoms with Crippen molar-refractivity contribution in [1.82, 2.24) is 5.32 Å². The third kappa shape index (κ3) is 7.61. The lowest BCUT2D eigenvalue weighted by Crippen LogP contribution is -2.32. The molecule has 3 N–H and O–H groups in total. The number of ether oxygens (including phenoxy) is 1. The quantitative estimate of drug-likeness (QED) is 0.449. The van der Waals surface area contributed by atoms with Crippen LogP contribution in [0.3, 0.4) is 0 Å². The Morgan fingerprint density at radius 2 is 2.43 bits per heavy atom. The Morgan fingerprint density at radius 1 is 1.71 bits per heavy atom. The van der Waals surface area contributed by atoms with E-state index in [0.717, 1.165) is 12.8 Å². The second-order valence-corrected chi connectivity index (χ2v) is 3.11. The van der Waals surface area contributed by atoms with Crippen LogP contribution in [-0.2, 0) is 9.53 Å². The normalized spacial score (nSPS) is 11.9. The highest BCUT2D eigenvalue weighted by atomic mass is 16.5. The number of amides is 1. The van der Waals surface area contributed by atoms with Crippen molar-refractivity contribution in [2.24, 2.45) is 5.73 Å². The van der Waals surface area contributed by atoms with Gasteiger partial charge in [0.25, 0.3) is 0 Å². The minimum atomic E-state index is -0.0283. The first-order chi connectivity index (χ1) is 6.70. The molecule has 0 radical (unpaired) electrons. The average Bonchev–Trinajstić information content (AvgIpc) is 2.17. The lowest BCUT2D eigenvalue weighted by molar-refractivity contribution is -0.121. The van der Waals surface area contributed by atoms with E-state index in [2.05, 4.69) is 11.9 Å². The molecule has 0 aromatic rings. The minimum Gasteiger partial charge on any atom is -0.502 e. The van der Waals surface area contributed by atoms with Crippen LogP contribution in [0.25, 0.3) is 0 Å². The van der Waals surface area contributed by atoms with Gasteiger partial charge in [-0.05, 0) is 12.8 Å². The fourth-order valence-electron chi connectivity index (χ4n) is 0.921. The first-order valence-electron chi connectivity index (χ1n) is 4.95. The maximum atomic E-state index is 11.2. The molecule has 0 aliphatic heterocycles. The molecule has 0 saturated carbocycles. The highest BCUT2D eigenvalue weighted by Gasteiger charge is 2.05. The SMILES string of the molecule is C=COCCCNC(=O)CC(N)CC. The van der Waals surface area contributed by atoms with Crippen molar-refractivity contribution in [3.05, 3.63) is 12.8 Å². The van der Waals surface area contributed by atoms with Gasteiger partial charge < -0.3 is 15.8 Å². The van der Waals surface area contributed by atoms with Gasteiger partial charge in [-0.25, -0.2) is 0 Å². The largest absolute Gasteiger partial charge is 0.502 e. The average molecular weight is 200 g/mol. The number of carbonyl (C=O) groups is 1. The van der Waals surface area contributed by atoms with E-state index >= 15 is 0 Å². The van der Waals surface area contributed by atoms with Crippen LogP contribution in [0.5, 0.6) is 0 Å². The van der Waals surface area contributed by atoms with Crippen LogP contribution in [0.2, 0.25) is 0 Å². The Hall–Kier alpha value is -1.03. The number of nitrogens with one attached hydrogen (secondary N) is 1. The summed E-state index contributed by atoms with van der Waals surface area (Å²) in [5, 5.41) is 2.77. The van der Waals surface area contributed by atoms with E-state index in [1.165, 1.54) is 6.26 Å². The molecule has 0 aliphatic rings. The lowest BCUT2D eigenvalue weighted by Gasteiger charge is -2.08. The fourth-order valence-corrected chi connectivity index (χ4v) is 0.921. The molecular formula is C10H20N2O2. The van der Waals surface area contributed by atoms with E-state index in [1.54, 1.807) is 0 Å². The van der Waals surface area contributed by atoms with Gasteiger partial charge in [-0.15, -0.1) is 0 Å². The van der Waals surface area contributed by atoms with Crippen LogP contribution in [0.1, 0.15) is 26.2 Å². The summed E-state index contributed by atoms with van der Waals surface area (Å²) in [4.78, 5) is 11.2. The zero-order valence-electron chi connectivity index (χ0n) is 8.79. The van der Waals surface area contributed by atoms with Gasteiger partial charge in [0.05, 0.1) is 12.9 Å². The summed E-state index contributed by atoms with van der Waals surface area (Å²) in [6.45, 7) is 6.60. The van der Waals surface area contributed by atoms with Gasteiger partial charge in [-0.1, -0.05) is 13.5 Å². The van der Waals surface area contributed by atoms with Crippen molar-refractivity contribution in [3.63, 3.8) is 0 Å². The molecule has 1 amide bonds. The van der Waals surface area contributed by atoms with Crippen molar-refractivity contribution in [2.75, 3.05) is 13.2 Å². The third-order valence-electron chi connectivity index (χ3n) is 1.85. The summed E-state index contributed by atoms with van der Waals surface area (Å²) in [6, 6.07) is -0.0283. The van der Waals surface area contributed by atoms with E-state index in [9.17, 15) is 4.79 Å². The van der Waals surface area contributed by atoms with E-state index in [4.69, 9.17) is 10.5 Å². The van der Waals surface area contributed by atoms with E-state index in [1.807, 2.05) is 6.92 Å². The molecule has 0 fully saturated rings. The molecule has 1 unspecified atom stereocenters. The van der Waals surface area contributed by atoms with Crippen LogP contribution in [-0.4, -0.2) is 25.1 Å². The summed E-state index contributed by atoms with van der Waals surface area (Å²) >= 11 is 0. The first-order valence-corrected chi connectivity index (χ1v) is 4.95. The Kier molecular flexibility index (Phi) is 7.93. The van der Waals surface area contributed by atoms with Crippen molar-refractivity contribution in [2.45, 2.75) is 32.2 Å². The monoisotopic (exact) mass is 200 g/mol. The van der Waals surface area contributed by atoms with Crippen molar-refractivity contribution in [3.8, 4) is 0 Å². The molecule has 82 valence electrons. The van der Waals surface area contributed by atoms with Gasteiger partial charge >= 0.3 is 0 Å². The molecule has 4 heteroatoms. The summed E-state index contributed by atoms with van der Waals surface area (Å²) in [6.07, 6.45) is 3.42. The minimum absolute atomic E-state index is 0.0120. The van der Waals surface area contributed by atoms with E-state index in [0.29, 0.717) is 19.6 Å². The topological polar surface area (TPSA) is 64.3 Å². The highest BCUT2D eigenvalue weighted by Crippen LogP contribution is 1.92. The maximum Gasteiger partial charge on any atom is 0.221 e. The Morgan fingerprint density at radius 3 is 3.00 bits per heavy atom. The predicted molar refractivity (Wildman–Crippen MR) is 56.7 cm³/mol. The molecule has 1 atom stereocenters. The van der Waals surface area contributed by atoms with Crippen LogP contribution < -0.4 is 11.1 Å². The lowest BCUT2D eigenvalue weighted by atomic mass is 10.1. The smallest absolute Gasteiger partial charge is 0.221 e. The molecule has 0 aromatic heterocycles. The maximum absolute atomic E-state index is 11.2. The fraction of sp³-hybridized carbons (Fsp3) is 0.700. The molecule has 0 aliphatic carbocycles. The van der Waals surface area contributed by atoms with Crippen molar-refractivity contribution in [1.29, 1.82) is 0 Å². The number of hydrogen-bond donors (Lipinski definition) is 2. The molecule has 4 nitrogen and oxygen atoms in total. The molecule has 0 spiro atoms. The predicted octanol–water partition coefficient (Wildman–Crippen LogP) is 0.780. The molecule has 0 heterocycles. The zero-order valence-corrected chi connectivity index (χ0v) is 8.79. The molecule has 14 heavy (non-hydrogen) atoms. The number of nitrogens with two attached hydrogens (primary N) is 1. The van der Waals surface area contributed by atoms with Gasteiger partial charge in [-0.3, -0.25) is 4.79 Å². The van der Waals surface area contributed by atoms with Crippen LogP contribution >= 0.6 is 0 Å². The second-order valence-electron chi connectivity index (χ2n) is 3.11. The van der Waals surface area contributed by atoms with E-state index in [-0.39, 0.29) is 11.9 Å². The molecule has 0 saturated heterocycles. The third-order valence-corrected chi connectivity index (χ3v) is 1.85. The van der Waals surface area contributed by atoms with Crippen LogP contribution in [0, 0.1) is 0 Å². The summed E-state index contributed by atoms with van der Waals surface area (Å²) in [7, 11) is 0. The number of carbonyl (C=O) groups excluding carboxylic acids is 1. The zero-order chi connectivity index (χ0) is 10.8. The number of hydrogen-bond acceptors (Lipinski definition) is 3. The van der Waals surface area contributed by atoms with Crippen molar-refractivity contribution < 1.29 is 9.53 Å². The summed E-state index contributed by atoms with van der Waals surface area (Å²) in [5.41, 5.74) is 5.63. The number of rotatable bonds is 8. The van der Waals surface area contributed by atoms with Crippen molar-refractivity contribution >= 4 is 5.91 Å². The van der Waals surface area contributed by atoms with Gasteiger partial charge in [0.2, 0.25) is 5.91 Å². The van der Waals surface area contributed by atoms with Crippen LogP contribution in [0.15, 0.2) is 12.8 Å². The highest BCUT2D eigenvalue weighted by molar-refractivity contribution is 5.76. The Bertz CT molecular complexity index is 172. The molecule has 0 bridgehead atoms. The summed E-state index contributed by atoms with van der Waals surface area (Å²) < 4.78 is 4.91. The molecular weight excluding hydrogens is 180 g/mol. The Balaban J connectivity index is 3.31. The van der Waals surface area contributed by atoms with Gasteiger partial charge in [0.1, 0.15) is 0 Å². The van der Waals surface area contributed by atoms with Gasteiger partial charge in [0, 0.05) is 19.0 Å². The van der Waals surface area contributed by atoms with Gasteiger partial charge in [-0.2, -0.15) is 0 Å². The van der Waals surface area contributed by atoms with Crippen LogP contribution in [0.4, 0.5) is 0 Å². The molecule has 0 aromatic carbocycles. The molecule has 0 rings (SSSR count). The first kappa shape index (κ1) is 13.0.